The summed E-state index contributed by atoms with van der Waals surface area (Å²) in [7, 11) is 0. The largest absolute Gasteiger partial charge is 0.462 e. The molecule has 0 saturated heterocycles. The fourth-order valence-electron chi connectivity index (χ4n) is 2.11. The first-order valence-electron chi connectivity index (χ1n) is 5.58. The Morgan fingerprint density at radius 2 is 2.14 bits per heavy atom. The van der Waals surface area contributed by atoms with Gasteiger partial charge in [-0.1, -0.05) is 13.3 Å². The summed E-state index contributed by atoms with van der Waals surface area (Å²) in [5.74, 6) is 1.10. The quantitative estimate of drug-likeness (QED) is 0.578. The number of ether oxygens (including phenoxy) is 1. The summed E-state index contributed by atoms with van der Waals surface area (Å²) in [6.45, 7) is 2.18. The minimum absolute atomic E-state index is 0.0784. The summed E-state index contributed by atoms with van der Waals surface area (Å²) >= 11 is 4.02. The summed E-state index contributed by atoms with van der Waals surface area (Å²) in [5, 5.41) is 0. The normalized spacial score (nSPS) is 27.3. The van der Waals surface area contributed by atoms with Crippen molar-refractivity contribution in [1.29, 1.82) is 0 Å². The summed E-state index contributed by atoms with van der Waals surface area (Å²) in [4.78, 5) is 11.3. The van der Waals surface area contributed by atoms with Crippen LogP contribution >= 0.6 is 12.6 Å². The van der Waals surface area contributed by atoms with Gasteiger partial charge < -0.3 is 4.74 Å². The Bertz CT molecular complexity index is 182. The molecule has 0 aromatic rings. The van der Waals surface area contributed by atoms with Crippen molar-refractivity contribution in [3.05, 3.63) is 0 Å². The van der Waals surface area contributed by atoms with Crippen LogP contribution in [0.1, 0.15) is 45.4 Å². The standard InChI is InChI=1S/C11H20O2S/c1-2-9-5-3-4-6-10(9)13-11(12)7-8-14/h9-10,14H,2-8H2,1H3. The van der Waals surface area contributed by atoms with Gasteiger partial charge in [-0.15, -0.1) is 0 Å². The van der Waals surface area contributed by atoms with E-state index in [4.69, 9.17) is 4.74 Å². The van der Waals surface area contributed by atoms with Gasteiger partial charge in [0.15, 0.2) is 0 Å². The van der Waals surface area contributed by atoms with Crippen molar-refractivity contribution in [1.82, 2.24) is 0 Å². The maximum Gasteiger partial charge on any atom is 0.306 e. The molecular formula is C11H20O2S. The molecule has 2 nitrogen and oxygen atoms in total. The molecule has 0 bridgehead atoms. The first-order chi connectivity index (χ1) is 6.77. The fourth-order valence-corrected chi connectivity index (χ4v) is 2.30. The highest BCUT2D eigenvalue weighted by molar-refractivity contribution is 7.80. The fraction of sp³-hybridized carbons (Fsp3) is 0.909. The van der Waals surface area contributed by atoms with Gasteiger partial charge in [0.2, 0.25) is 0 Å². The van der Waals surface area contributed by atoms with Gasteiger partial charge in [-0.25, -0.2) is 0 Å². The van der Waals surface area contributed by atoms with E-state index in [9.17, 15) is 4.79 Å². The molecule has 0 aromatic carbocycles. The highest BCUT2D eigenvalue weighted by Crippen LogP contribution is 2.29. The summed E-state index contributed by atoms with van der Waals surface area (Å²) in [6, 6.07) is 0. The highest BCUT2D eigenvalue weighted by Gasteiger charge is 2.26. The molecule has 1 saturated carbocycles. The molecule has 0 amide bonds. The van der Waals surface area contributed by atoms with E-state index in [1.165, 1.54) is 19.3 Å². The number of carbonyl (C=O) groups is 1. The second-order valence-corrected chi connectivity index (χ2v) is 4.40. The Kier molecular flexibility index (Phi) is 5.38. The van der Waals surface area contributed by atoms with Crippen LogP contribution in [0.25, 0.3) is 0 Å². The Balaban J connectivity index is 2.36. The van der Waals surface area contributed by atoms with Crippen molar-refractivity contribution in [3.8, 4) is 0 Å². The maximum absolute atomic E-state index is 11.3. The van der Waals surface area contributed by atoms with Crippen molar-refractivity contribution < 1.29 is 9.53 Å². The number of rotatable bonds is 4. The van der Waals surface area contributed by atoms with E-state index in [0.29, 0.717) is 18.1 Å². The smallest absolute Gasteiger partial charge is 0.306 e. The van der Waals surface area contributed by atoms with E-state index in [0.717, 1.165) is 12.8 Å². The summed E-state index contributed by atoms with van der Waals surface area (Å²) in [5.41, 5.74) is 0. The van der Waals surface area contributed by atoms with Gasteiger partial charge in [0.1, 0.15) is 6.10 Å². The molecule has 0 aliphatic heterocycles. The molecule has 2 atom stereocenters. The molecule has 1 rings (SSSR count). The Morgan fingerprint density at radius 1 is 1.43 bits per heavy atom. The first kappa shape index (κ1) is 11.9. The second-order valence-electron chi connectivity index (χ2n) is 3.95. The van der Waals surface area contributed by atoms with Crippen LogP contribution in [0.2, 0.25) is 0 Å². The lowest BCUT2D eigenvalue weighted by Crippen LogP contribution is -2.29. The summed E-state index contributed by atoms with van der Waals surface area (Å²) < 4.78 is 5.45. The average molecular weight is 216 g/mol. The zero-order valence-electron chi connectivity index (χ0n) is 8.87. The van der Waals surface area contributed by atoms with Crippen LogP contribution in [-0.4, -0.2) is 17.8 Å². The second kappa shape index (κ2) is 6.33. The van der Waals surface area contributed by atoms with E-state index in [1.54, 1.807) is 0 Å². The zero-order valence-corrected chi connectivity index (χ0v) is 9.76. The van der Waals surface area contributed by atoms with E-state index in [1.807, 2.05) is 0 Å². The van der Waals surface area contributed by atoms with Crippen molar-refractivity contribution in [2.24, 2.45) is 5.92 Å². The molecule has 2 unspecified atom stereocenters. The Labute approximate surface area is 91.8 Å². The predicted octanol–water partition coefficient (Wildman–Crippen LogP) is 2.82. The van der Waals surface area contributed by atoms with Crippen LogP contribution in [0.5, 0.6) is 0 Å². The number of carbonyl (C=O) groups excluding carboxylic acids is 1. The van der Waals surface area contributed by atoms with Crippen LogP contribution < -0.4 is 0 Å². The average Bonchev–Trinajstić information content (AvgIpc) is 2.19. The predicted molar refractivity (Wildman–Crippen MR) is 60.6 cm³/mol. The molecule has 0 N–H and O–H groups in total. The van der Waals surface area contributed by atoms with Crippen LogP contribution in [0, 0.1) is 5.92 Å². The van der Waals surface area contributed by atoms with Gasteiger partial charge in [-0.2, -0.15) is 12.6 Å². The number of esters is 1. The van der Waals surface area contributed by atoms with Crippen LogP contribution in [0.15, 0.2) is 0 Å². The third-order valence-corrected chi connectivity index (χ3v) is 3.19. The van der Waals surface area contributed by atoms with Crippen LogP contribution in [-0.2, 0) is 9.53 Å². The minimum Gasteiger partial charge on any atom is -0.462 e. The van der Waals surface area contributed by atoms with Gasteiger partial charge in [0.25, 0.3) is 0 Å². The van der Waals surface area contributed by atoms with E-state index < -0.39 is 0 Å². The van der Waals surface area contributed by atoms with Gasteiger partial charge in [0, 0.05) is 5.75 Å². The minimum atomic E-state index is -0.0784. The lowest BCUT2D eigenvalue weighted by molar-refractivity contribution is -0.153. The highest BCUT2D eigenvalue weighted by atomic mass is 32.1. The molecule has 1 aliphatic carbocycles. The number of thiol groups is 1. The molecule has 0 spiro atoms. The molecule has 0 heterocycles. The van der Waals surface area contributed by atoms with Crippen LogP contribution in [0.3, 0.4) is 0 Å². The third kappa shape index (κ3) is 3.52. The summed E-state index contributed by atoms with van der Waals surface area (Å²) in [6.07, 6.45) is 6.51. The van der Waals surface area contributed by atoms with E-state index >= 15 is 0 Å². The molecular weight excluding hydrogens is 196 g/mol. The van der Waals surface area contributed by atoms with Crippen molar-refractivity contribution in [3.63, 3.8) is 0 Å². The Morgan fingerprint density at radius 3 is 2.79 bits per heavy atom. The lowest BCUT2D eigenvalue weighted by atomic mass is 9.85. The van der Waals surface area contributed by atoms with Crippen molar-refractivity contribution in [2.75, 3.05) is 5.75 Å². The molecule has 14 heavy (non-hydrogen) atoms. The van der Waals surface area contributed by atoms with Gasteiger partial charge in [0.05, 0.1) is 6.42 Å². The number of hydrogen-bond acceptors (Lipinski definition) is 3. The Hall–Kier alpha value is -0.180. The molecule has 3 heteroatoms. The van der Waals surface area contributed by atoms with Gasteiger partial charge >= 0.3 is 5.97 Å². The van der Waals surface area contributed by atoms with Crippen molar-refractivity contribution >= 4 is 18.6 Å². The van der Waals surface area contributed by atoms with Gasteiger partial charge in [-0.05, 0) is 31.6 Å². The maximum atomic E-state index is 11.3. The molecule has 1 aliphatic rings. The topological polar surface area (TPSA) is 26.3 Å². The van der Waals surface area contributed by atoms with E-state index in [-0.39, 0.29) is 12.1 Å². The first-order valence-corrected chi connectivity index (χ1v) is 6.21. The van der Waals surface area contributed by atoms with E-state index in [2.05, 4.69) is 19.6 Å². The van der Waals surface area contributed by atoms with Crippen LogP contribution in [0.4, 0.5) is 0 Å². The third-order valence-electron chi connectivity index (χ3n) is 2.96. The van der Waals surface area contributed by atoms with Gasteiger partial charge in [-0.3, -0.25) is 4.79 Å². The molecule has 1 fully saturated rings. The monoisotopic (exact) mass is 216 g/mol. The number of hydrogen-bond donors (Lipinski definition) is 1. The SMILES string of the molecule is CCC1CCCCC1OC(=O)CCS. The lowest BCUT2D eigenvalue weighted by Gasteiger charge is -2.30. The van der Waals surface area contributed by atoms with Crippen molar-refractivity contribution in [2.45, 2.75) is 51.6 Å². The molecule has 0 radical (unpaired) electrons. The zero-order chi connectivity index (χ0) is 10.4. The molecule has 0 aromatic heterocycles. The molecule has 82 valence electrons.